The molecule has 0 aromatic heterocycles. The minimum atomic E-state index is -1.06. The fraction of sp³-hybridized carbons (Fsp3) is 0.286. The third kappa shape index (κ3) is 6.14. The monoisotopic (exact) mass is 493 g/mol. The SMILES string of the molecule is COc1ccccc1CN(CC(=O)O)C(=O)Cc1ccc2c(c1)C[C@](C)(Cc1ccc(Cl)cc1)O2. The maximum absolute atomic E-state index is 13.1. The zero-order valence-electron chi connectivity index (χ0n) is 19.8. The first kappa shape index (κ1) is 24.6. The Bertz CT molecular complexity index is 1230. The molecule has 1 aliphatic rings. The molecule has 1 aliphatic heterocycles. The van der Waals surface area contributed by atoms with Crippen LogP contribution in [-0.2, 0) is 35.4 Å². The number of ether oxygens (including phenoxy) is 2. The van der Waals surface area contributed by atoms with E-state index < -0.39 is 11.6 Å². The molecule has 0 spiro atoms. The molecule has 1 amide bonds. The number of nitrogens with zero attached hydrogens (tertiary/aromatic N) is 1. The molecule has 7 heteroatoms. The van der Waals surface area contributed by atoms with Crippen molar-refractivity contribution >= 4 is 23.5 Å². The number of rotatable bonds is 9. The molecular weight excluding hydrogens is 466 g/mol. The van der Waals surface area contributed by atoms with Crippen LogP contribution in [0.3, 0.4) is 0 Å². The summed E-state index contributed by atoms with van der Waals surface area (Å²) < 4.78 is 11.6. The van der Waals surface area contributed by atoms with Crippen LogP contribution in [0.15, 0.2) is 66.7 Å². The summed E-state index contributed by atoms with van der Waals surface area (Å²) in [5.74, 6) is 0.106. The minimum absolute atomic E-state index is 0.101. The summed E-state index contributed by atoms with van der Waals surface area (Å²) in [6.07, 6.45) is 1.55. The van der Waals surface area contributed by atoms with Crippen LogP contribution in [0.1, 0.15) is 29.2 Å². The number of carboxylic acid groups (broad SMARTS) is 1. The van der Waals surface area contributed by atoms with Gasteiger partial charge in [-0.05, 0) is 47.9 Å². The van der Waals surface area contributed by atoms with Crippen molar-refractivity contribution in [2.24, 2.45) is 0 Å². The molecule has 3 aromatic carbocycles. The second-order valence-corrected chi connectivity index (χ2v) is 9.54. The van der Waals surface area contributed by atoms with Gasteiger partial charge in [0.1, 0.15) is 23.6 Å². The Morgan fingerprint density at radius 2 is 1.80 bits per heavy atom. The first-order valence-corrected chi connectivity index (χ1v) is 11.8. The number of aliphatic carboxylic acids is 1. The molecule has 35 heavy (non-hydrogen) atoms. The zero-order chi connectivity index (χ0) is 25.0. The first-order chi connectivity index (χ1) is 16.7. The van der Waals surface area contributed by atoms with Crippen molar-refractivity contribution in [2.75, 3.05) is 13.7 Å². The molecular formula is C28H28ClNO5. The van der Waals surface area contributed by atoms with Crippen molar-refractivity contribution in [1.82, 2.24) is 4.90 Å². The molecule has 0 saturated heterocycles. The molecule has 0 saturated carbocycles. The number of benzene rings is 3. The highest BCUT2D eigenvalue weighted by molar-refractivity contribution is 6.30. The number of halogens is 1. The van der Waals surface area contributed by atoms with Gasteiger partial charge in [0.05, 0.1) is 13.5 Å². The average Bonchev–Trinajstić information content (AvgIpc) is 3.15. The van der Waals surface area contributed by atoms with Gasteiger partial charge in [0.25, 0.3) is 0 Å². The molecule has 1 atom stereocenters. The van der Waals surface area contributed by atoms with Crippen LogP contribution < -0.4 is 9.47 Å². The van der Waals surface area contributed by atoms with Gasteiger partial charge in [0, 0.05) is 30.0 Å². The largest absolute Gasteiger partial charge is 0.496 e. The summed E-state index contributed by atoms with van der Waals surface area (Å²) in [6.45, 7) is 1.85. The summed E-state index contributed by atoms with van der Waals surface area (Å²) in [5, 5.41) is 10.1. The van der Waals surface area contributed by atoms with E-state index in [4.69, 9.17) is 21.1 Å². The lowest BCUT2D eigenvalue weighted by atomic mass is 9.91. The molecule has 0 bridgehead atoms. The quantitative estimate of drug-likeness (QED) is 0.457. The second kappa shape index (κ2) is 10.4. The van der Waals surface area contributed by atoms with E-state index in [9.17, 15) is 14.7 Å². The third-order valence-electron chi connectivity index (χ3n) is 6.12. The molecule has 1 heterocycles. The zero-order valence-corrected chi connectivity index (χ0v) is 20.5. The fourth-order valence-corrected chi connectivity index (χ4v) is 4.66. The van der Waals surface area contributed by atoms with E-state index in [1.165, 1.54) is 4.90 Å². The lowest BCUT2D eigenvalue weighted by molar-refractivity contribution is -0.144. The van der Waals surface area contributed by atoms with Gasteiger partial charge in [-0.25, -0.2) is 0 Å². The van der Waals surface area contributed by atoms with Crippen LogP contribution in [0.5, 0.6) is 11.5 Å². The normalized spacial score (nSPS) is 16.3. The van der Waals surface area contributed by atoms with Gasteiger partial charge in [-0.1, -0.05) is 54.1 Å². The highest BCUT2D eigenvalue weighted by Gasteiger charge is 2.35. The van der Waals surface area contributed by atoms with Crippen molar-refractivity contribution in [3.8, 4) is 11.5 Å². The second-order valence-electron chi connectivity index (χ2n) is 9.11. The van der Waals surface area contributed by atoms with Crippen molar-refractivity contribution in [1.29, 1.82) is 0 Å². The lowest BCUT2D eigenvalue weighted by Gasteiger charge is -2.24. The average molecular weight is 494 g/mol. The molecule has 0 fully saturated rings. The number of amides is 1. The molecule has 0 aliphatic carbocycles. The van der Waals surface area contributed by atoms with E-state index in [-0.39, 0.29) is 25.4 Å². The van der Waals surface area contributed by atoms with Gasteiger partial charge in [-0.2, -0.15) is 0 Å². The Hall–Kier alpha value is -3.51. The Balaban J connectivity index is 1.46. The maximum atomic E-state index is 13.1. The van der Waals surface area contributed by atoms with Gasteiger partial charge < -0.3 is 19.5 Å². The highest BCUT2D eigenvalue weighted by atomic mass is 35.5. The number of para-hydroxylation sites is 1. The first-order valence-electron chi connectivity index (χ1n) is 11.4. The molecule has 182 valence electrons. The summed E-state index contributed by atoms with van der Waals surface area (Å²) in [6, 6.07) is 20.8. The summed E-state index contributed by atoms with van der Waals surface area (Å²) in [4.78, 5) is 25.9. The van der Waals surface area contributed by atoms with Gasteiger partial charge >= 0.3 is 5.97 Å². The van der Waals surface area contributed by atoms with Crippen LogP contribution in [0.4, 0.5) is 0 Å². The molecule has 0 unspecified atom stereocenters. The van der Waals surface area contributed by atoms with Crippen LogP contribution >= 0.6 is 11.6 Å². The lowest BCUT2D eigenvalue weighted by Crippen LogP contribution is -2.36. The van der Waals surface area contributed by atoms with E-state index in [0.717, 1.165) is 34.4 Å². The van der Waals surface area contributed by atoms with Crippen LogP contribution in [0, 0.1) is 0 Å². The topological polar surface area (TPSA) is 76.1 Å². The van der Waals surface area contributed by atoms with Gasteiger partial charge in [-0.15, -0.1) is 0 Å². The molecule has 1 N–H and O–H groups in total. The van der Waals surface area contributed by atoms with E-state index in [1.54, 1.807) is 13.2 Å². The number of methoxy groups -OCH3 is 1. The molecule has 4 rings (SSSR count). The molecule has 0 radical (unpaired) electrons. The predicted octanol–water partition coefficient (Wildman–Crippen LogP) is 4.94. The van der Waals surface area contributed by atoms with Gasteiger partial charge in [0.2, 0.25) is 5.91 Å². The highest BCUT2D eigenvalue weighted by Crippen LogP contribution is 2.37. The van der Waals surface area contributed by atoms with E-state index >= 15 is 0 Å². The van der Waals surface area contributed by atoms with E-state index in [0.29, 0.717) is 17.2 Å². The number of hydrogen-bond acceptors (Lipinski definition) is 4. The number of carbonyl (C=O) groups is 2. The van der Waals surface area contributed by atoms with E-state index in [1.807, 2.05) is 60.7 Å². The number of hydrogen-bond donors (Lipinski definition) is 1. The Morgan fingerprint density at radius 1 is 1.09 bits per heavy atom. The Labute approximate surface area is 210 Å². The molecule has 3 aromatic rings. The maximum Gasteiger partial charge on any atom is 0.323 e. The van der Waals surface area contributed by atoms with Crippen molar-refractivity contribution in [3.05, 3.63) is 94.0 Å². The van der Waals surface area contributed by atoms with Gasteiger partial charge in [-0.3, -0.25) is 9.59 Å². The summed E-state index contributed by atoms with van der Waals surface area (Å²) >= 11 is 6.00. The molecule has 6 nitrogen and oxygen atoms in total. The van der Waals surface area contributed by atoms with Crippen LogP contribution in [0.25, 0.3) is 0 Å². The number of carbonyl (C=O) groups excluding carboxylic acids is 1. The summed E-state index contributed by atoms with van der Waals surface area (Å²) in [7, 11) is 1.55. The Morgan fingerprint density at radius 3 is 2.51 bits per heavy atom. The van der Waals surface area contributed by atoms with Crippen molar-refractivity contribution in [2.45, 2.75) is 38.3 Å². The van der Waals surface area contributed by atoms with Crippen LogP contribution in [0.2, 0.25) is 5.02 Å². The Kier molecular flexibility index (Phi) is 7.31. The van der Waals surface area contributed by atoms with Gasteiger partial charge in [0.15, 0.2) is 0 Å². The fourth-order valence-electron chi connectivity index (χ4n) is 4.54. The smallest absolute Gasteiger partial charge is 0.323 e. The third-order valence-corrected chi connectivity index (χ3v) is 6.38. The standard InChI is InChI=1S/C28H28ClNO5/c1-28(15-19-7-10-23(29)11-8-19)16-22-13-20(9-12-25(22)35-28)14-26(31)30(18-27(32)33)17-21-5-3-4-6-24(21)34-2/h3-13H,14-18H2,1-2H3,(H,32,33)/t28-/m0/s1. The predicted molar refractivity (Wildman–Crippen MR) is 134 cm³/mol. The minimum Gasteiger partial charge on any atom is -0.496 e. The van der Waals surface area contributed by atoms with Crippen molar-refractivity contribution in [3.63, 3.8) is 0 Å². The summed E-state index contributed by atoms with van der Waals surface area (Å²) in [5.41, 5.74) is 3.37. The van der Waals surface area contributed by atoms with E-state index in [2.05, 4.69) is 6.92 Å². The number of carboxylic acids is 1. The number of fused-ring (bicyclic) bond motifs is 1. The van der Waals surface area contributed by atoms with Crippen molar-refractivity contribution < 1.29 is 24.2 Å². The van der Waals surface area contributed by atoms with Crippen LogP contribution in [-0.4, -0.2) is 41.1 Å².